The van der Waals surface area contributed by atoms with Gasteiger partial charge in [-0.05, 0) is 55.3 Å². The topological polar surface area (TPSA) is 97.1 Å². The maximum Gasteiger partial charge on any atom is 0.416 e. The highest BCUT2D eigenvalue weighted by Crippen LogP contribution is 2.41. The van der Waals surface area contributed by atoms with E-state index in [0.717, 1.165) is 52.2 Å². The van der Waals surface area contributed by atoms with Crippen LogP contribution in [0.15, 0.2) is 53.8 Å². The number of benzene rings is 1. The normalized spacial score (nSPS) is 15.6. The third-order valence-electron chi connectivity index (χ3n) is 6.12. The molecule has 0 bridgehead atoms. The summed E-state index contributed by atoms with van der Waals surface area (Å²) in [6.45, 7) is 4.75. The van der Waals surface area contributed by atoms with Gasteiger partial charge < -0.3 is 15.2 Å². The minimum absolute atomic E-state index is 0.136. The van der Waals surface area contributed by atoms with Crippen molar-refractivity contribution in [3.05, 3.63) is 71.2 Å². The molecule has 36 heavy (non-hydrogen) atoms. The van der Waals surface area contributed by atoms with Crippen LogP contribution in [0.4, 0.5) is 24.7 Å². The lowest BCUT2D eigenvalue weighted by Gasteiger charge is -2.20. The van der Waals surface area contributed by atoms with E-state index in [4.69, 9.17) is 0 Å². The van der Waals surface area contributed by atoms with Crippen molar-refractivity contribution in [1.29, 1.82) is 0 Å². The number of hydrogen-bond acceptors (Lipinski definition) is 6. The first-order valence-corrected chi connectivity index (χ1v) is 11.2. The van der Waals surface area contributed by atoms with Gasteiger partial charge in [0.05, 0.1) is 11.6 Å². The molecule has 184 valence electrons. The Kier molecular flexibility index (Phi) is 5.70. The van der Waals surface area contributed by atoms with Crippen LogP contribution >= 0.6 is 0 Å². The molecule has 0 fully saturated rings. The van der Waals surface area contributed by atoms with Gasteiger partial charge in [0.2, 0.25) is 5.62 Å². The van der Waals surface area contributed by atoms with E-state index in [1.807, 2.05) is 19.1 Å². The highest BCUT2D eigenvalue weighted by atomic mass is 19.4. The molecule has 8 nitrogen and oxygen atoms in total. The molecule has 2 aromatic rings. The second-order valence-corrected chi connectivity index (χ2v) is 8.59. The number of hydrogen-bond donors (Lipinski definition) is 2. The lowest BCUT2D eigenvalue weighted by molar-refractivity contribution is -0.137. The largest absolute Gasteiger partial charge is 0.416 e. The molecule has 1 amide bonds. The summed E-state index contributed by atoms with van der Waals surface area (Å²) in [5, 5.41) is 6.12. The van der Waals surface area contributed by atoms with Crippen LogP contribution in [-0.4, -0.2) is 39.0 Å². The summed E-state index contributed by atoms with van der Waals surface area (Å²) >= 11 is 0. The van der Waals surface area contributed by atoms with Crippen molar-refractivity contribution in [2.24, 2.45) is 4.99 Å². The Morgan fingerprint density at radius 3 is 2.72 bits per heavy atom. The Bertz CT molecular complexity index is 1530. The molecular formula is C25H22F3N7O. The zero-order chi connectivity index (χ0) is 25.6. The highest BCUT2D eigenvalue weighted by molar-refractivity contribution is 6.03. The quantitative estimate of drug-likeness (QED) is 0.437. The van der Waals surface area contributed by atoms with E-state index in [0.29, 0.717) is 17.9 Å². The standard InChI is InChI=1S/C25H22F3N7O/c1-13-4-5-17(33-23(36)20-9-16(6-7-30-20)25(26,27)28)10-18(13)19-8-15-12-32-24(29-3)34-21(15)35-14(2)11-31-22(19)35/h4-10,12,14,31H,11H2,1-3H3,(H,33,36)/t14-/m1/s1. The van der Waals surface area contributed by atoms with Crippen LogP contribution in [0.5, 0.6) is 0 Å². The number of alkyl halides is 3. The van der Waals surface area contributed by atoms with Gasteiger partial charge in [0.1, 0.15) is 17.3 Å². The molecule has 1 aromatic heterocycles. The summed E-state index contributed by atoms with van der Waals surface area (Å²) in [5.41, 5.74) is 3.10. The zero-order valence-electron chi connectivity index (χ0n) is 19.7. The van der Waals surface area contributed by atoms with Crippen molar-refractivity contribution in [3.63, 3.8) is 0 Å². The number of carbonyl (C=O) groups is 1. The number of pyridine rings is 2. The van der Waals surface area contributed by atoms with Crippen molar-refractivity contribution in [3.8, 4) is 22.5 Å². The molecule has 0 radical (unpaired) electrons. The van der Waals surface area contributed by atoms with Crippen molar-refractivity contribution in [2.75, 3.05) is 24.2 Å². The summed E-state index contributed by atoms with van der Waals surface area (Å²) < 4.78 is 41.3. The Morgan fingerprint density at radius 1 is 1.17 bits per heavy atom. The van der Waals surface area contributed by atoms with Gasteiger partial charge in [-0.15, -0.1) is 0 Å². The number of aryl methyl sites for hydroxylation is 1. The third kappa shape index (κ3) is 4.16. The number of aromatic nitrogens is 4. The van der Waals surface area contributed by atoms with E-state index < -0.39 is 17.6 Å². The molecule has 0 unspecified atom stereocenters. The van der Waals surface area contributed by atoms with E-state index >= 15 is 0 Å². The third-order valence-corrected chi connectivity index (χ3v) is 6.12. The highest BCUT2D eigenvalue weighted by Gasteiger charge is 2.31. The molecule has 5 rings (SSSR count). The zero-order valence-corrected chi connectivity index (χ0v) is 19.7. The van der Waals surface area contributed by atoms with Crippen LogP contribution in [0, 0.1) is 6.92 Å². The predicted octanol–water partition coefficient (Wildman–Crippen LogP) is 4.54. The summed E-state index contributed by atoms with van der Waals surface area (Å²) in [6, 6.07) is 9.02. The van der Waals surface area contributed by atoms with Crippen LogP contribution in [0.1, 0.15) is 34.6 Å². The van der Waals surface area contributed by atoms with E-state index in [1.165, 1.54) is 0 Å². The fourth-order valence-electron chi connectivity index (χ4n) is 4.30. The Hall–Kier alpha value is -4.28. The van der Waals surface area contributed by atoms with Gasteiger partial charge in [-0.2, -0.15) is 18.2 Å². The first kappa shape index (κ1) is 23.5. The summed E-state index contributed by atoms with van der Waals surface area (Å²) in [7, 11) is 1.64. The van der Waals surface area contributed by atoms with Crippen LogP contribution < -0.4 is 16.3 Å². The maximum atomic E-state index is 13.1. The molecular weight excluding hydrogens is 471 g/mol. The monoisotopic (exact) mass is 493 g/mol. The number of nitrogens with one attached hydrogen (secondary N) is 2. The summed E-state index contributed by atoms with van der Waals surface area (Å²) in [6.07, 6.45) is -1.87. The van der Waals surface area contributed by atoms with E-state index in [9.17, 15) is 18.0 Å². The van der Waals surface area contributed by atoms with E-state index in [2.05, 4.69) is 42.1 Å². The number of carbonyl (C=O) groups excluding carboxylic acids is 1. The molecule has 4 heterocycles. The lowest BCUT2D eigenvalue weighted by atomic mass is 9.98. The second kappa shape index (κ2) is 8.74. The van der Waals surface area contributed by atoms with Gasteiger partial charge in [0, 0.05) is 42.8 Å². The van der Waals surface area contributed by atoms with Crippen LogP contribution in [0.25, 0.3) is 22.5 Å². The molecule has 3 aliphatic rings. The maximum absolute atomic E-state index is 13.1. The van der Waals surface area contributed by atoms with Gasteiger partial charge in [0.25, 0.3) is 5.91 Å². The summed E-state index contributed by atoms with van der Waals surface area (Å²) in [5.74, 6) is 0.909. The SMILES string of the molecule is CN=c1ncc2cc(-c3cc(NC(=O)c4cc(C(F)(F)F)ccn4)ccc3C)c3n(c-2n1)[C@H](C)CN3. The average Bonchev–Trinajstić information content (AvgIpc) is 3.26. The summed E-state index contributed by atoms with van der Waals surface area (Å²) in [4.78, 5) is 29.5. The van der Waals surface area contributed by atoms with Gasteiger partial charge in [-0.25, -0.2) is 4.98 Å². The van der Waals surface area contributed by atoms with Gasteiger partial charge >= 0.3 is 6.18 Å². The molecule has 3 aliphatic heterocycles. The number of halogens is 3. The van der Waals surface area contributed by atoms with Crippen molar-refractivity contribution in [2.45, 2.75) is 26.1 Å². The van der Waals surface area contributed by atoms with Crippen molar-refractivity contribution < 1.29 is 18.0 Å². The molecule has 0 saturated heterocycles. The molecule has 0 spiro atoms. The van der Waals surface area contributed by atoms with Crippen molar-refractivity contribution in [1.82, 2.24) is 19.5 Å². The van der Waals surface area contributed by atoms with E-state index in [1.54, 1.807) is 25.4 Å². The minimum Gasteiger partial charge on any atom is -0.369 e. The Labute approximate surface area is 204 Å². The molecule has 11 heteroatoms. The smallest absolute Gasteiger partial charge is 0.369 e. The number of rotatable bonds is 3. The molecule has 1 aromatic carbocycles. The number of anilines is 2. The van der Waals surface area contributed by atoms with Crippen LogP contribution in [0.3, 0.4) is 0 Å². The minimum atomic E-state index is -4.57. The number of amides is 1. The van der Waals surface area contributed by atoms with E-state index in [-0.39, 0.29) is 11.7 Å². The van der Waals surface area contributed by atoms with Crippen LogP contribution in [0.2, 0.25) is 0 Å². The molecule has 0 saturated carbocycles. The lowest BCUT2D eigenvalue weighted by Crippen LogP contribution is -2.18. The fraction of sp³-hybridized carbons (Fsp3) is 0.240. The van der Waals surface area contributed by atoms with Crippen molar-refractivity contribution >= 4 is 17.4 Å². The average molecular weight is 493 g/mol. The van der Waals surface area contributed by atoms with Crippen LogP contribution in [-0.2, 0) is 6.18 Å². The molecule has 2 N–H and O–H groups in total. The first-order valence-electron chi connectivity index (χ1n) is 11.2. The molecule has 1 atom stereocenters. The Balaban J connectivity index is 1.56. The number of nitrogens with zero attached hydrogens (tertiary/aromatic N) is 5. The van der Waals surface area contributed by atoms with Gasteiger partial charge in [0.15, 0.2) is 0 Å². The number of fused-ring (bicyclic) bond motifs is 3. The predicted molar refractivity (Wildman–Crippen MR) is 129 cm³/mol. The Morgan fingerprint density at radius 2 is 1.97 bits per heavy atom. The fourth-order valence-corrected chi connectivity index (χ4v) is 4.30. The second-order valence-electron chi connectivity index (χ2n) is 8.59. The first-order chi connectivity index (χ1) is 17.2. The van der Waals surface area contributed by atoms with Gasteiger partial charge in [-0.3, -0.25) is 14.8 Å². The van der Waals surface area contributed by atoms with Gasteiger partial charge in [-0.1, -0.05) is 6.07 Å². The molecule has 0 aliphatic carbocycles.